The molecule has 0 saturated carbocycles. The van der Waals surface area contributed by atoms with Crippen LogP contribution in [0.15, 0.2) is 5.38 Å². The summed E-state index contributed by atoms with van der Waals surface area (Å²) >= 11 is 1.65. The number of anilines is 1. The summed E-state index contributed by atoms with van der Waals surface area (Å²) in [4.78, 5) is 6.86. The van der Waals surface area contributed by atoms with Gasteiger partial charge in [-0.3, -0.25) is 0 Å². The maximum absolute atomic E-state index is 9.46. The van der Waals surface area contributed by atoms with Crippen molar-refractivity contribution in [2.75, 3.05) is 18.0 Å². The molecule has 0 aromatic carbocycles. The second-order valence-electron chi connectivity index (χ2n) is 4.75. The predicted octanol–water partition coefficient (Wildman–Crippen LogP) is 2.82. The van der Waals surface area contributed by atoms with Crippen LogP contribution in [0.3, 0.4) is 0 Å². The Morgan fingerprint density at radius 1 is 1.50 bits per heavy atom. The molecule has 1 N–H and O–H groups in total. The lowest BCUT2D eigenvalue weighted by Gasteiger charge is -2.18. The van der Waals surface area contributed by atoms with Gasteiger partial charge in [0.2, 0.25) is 0 Å². The van der Waals surface area contributed by atoms with E-state index in [0.717, 1.165) is 29.8 Å². The highest BCUT2D eigenvalue weighted by molar-refractivity contribution is 7.13. The van der Waals surface area contributed by atoms with E-state index < -0.39 is 6.10 Å². The summed E-state index contributed by atoms with van der Waals surface area (Å²) in [6.07, 6.45) is 3.38. The largest absolute Gasteiger partial charge is 0.387 e. The Morgan fingerprint density at radius 3 is 3.00 bits per heavy atom. The minimum absolute atomic E-state index is 0.448. The molecule has 2 atom stereocenters. The lowest BCUT2D eigenvalue weighted by atomic mass is 10.0. The van der Waals surface area contributed by atoms with Crippen LogP contribution in [-0.4, -0.2) is 23.2 Å². The molecule has 16 heavy (non-hydrogen) atoms. The fourth-order valence-corrected chi connectivity index (χ4v) is 3.03. The van der Waals surface area contributed by atoms with Crippen LogP contribution in [0.1, 0.15) is 44.9 Å². The van der Waals surface area contributed by atoms with Crippen molar-refractivity contribution in [2.24, 2.45) is 5.92 Å². The van der Waals surface area contributed by atoms with E-state index in [4.69, 9.17) is 0 Å². The van der Waals surface area contributed by atoms with Crippen molar-refractivity contribution >= 4 is 16.5 Å². The first kappa shape index (κ1) is 11.9. The van der Waals surface area contributed by atoms with Gasteiger partial charge in [-0.2, -0.15) is 0 Å². The molecule has 2 unspecified atom stereocenters. The SMILES string of the molecule is CC1CCCN(c2nc(C(C)O)cs2)CC1. The first-order chi connectivity index (χ1) is 7.66. The Balaban J connectivity index is 2.05. The highest BCUT2D eigenvalue weighted by Gasteiger charge is 2.17. The highest BCUT2D eigenvalue weighted by Crippen LogP contribution is 2.27. The smallest absolute Gasteiger partial charge is 0.185 e. The molecule has 1 aliphatic rings. The van der Waals surface area contributed by atoms with Crippen LogP contribution in [0.25, 0.3) is 0 Å². The Morgan fingerprint density at radius 2 is 2.31 bits per heavy atom. The van der Waals surface area contributed by atoms with Crippen LogP contribution in [0.4, 0.5) is 5.13 Å². The molecule has 3 nitrogen and oxygen atoms in total. The molecule has 0 aliphatic carbocycles. The second kappa shape index (κ2) is 5.15. The number of nitrogens with zero attached hydrogens (tertiary/aromatic N) is 2. The second-order valence-corrected chi connectivity index (χ2v) is 5.59. The summed E-state index contributed by atoms with van der Waals surface area (Å²) in [5.74, 6) is 0.834. The fourth-order valence-electron chi connectivity index (χ4n) is 2.07. The number of aliphatic hydroxyl groups is 1. The van der Waals surface area contributed by atoms with Gasteiger partial charge in [0.25, 0.3) is 0 Å². The molecule has 0 amide bonds. The van der Waals surface area contributed by atoms with Crippen molar-refractivity contribution < 1.29 is 5.11 Å². The normalized spacial score (nSPS) is 24.2. The third-order valence-corrected chi connectivity index (χ3v) is 4.14. The van der Waals surface area contributed by atoms with E-state index >= 15 is 0 Å². The van der Waals surface area contributed by atoms with Gasteiger partial charge < -0.3 is 10.0 Å². The van der Waals surface area contributed by atoms with Gasteiger partial charge in [-0.05, 0) is 32.1 Å². The summed E-state index contributed by atoms with van der Waals surface area (Å²) < 4.78 is 0. The third kappa shape index (κ3) is 2.74. The first-order valence-corrected chi connectivity index (χ1v) is 6.93. The Labute approximate surface area is 101 Å². The molecule has 1 aliphatic heterocycles. The number of rotatable bonds is 2. The molecular formula is C12H20N2OS. The quantitative estimate of drug-likeness (QED) is 0.863. The molecule has 90 valence electrons. The number of thiazole rings is 1. The molecule has 0 radical (unpaired) electrons. The van der Waals surface area contributed by atoms with Crippen LogP contribution in [-0.2, 0) is 0 Å². The summed E-state index contributed by atoms with van der Waals surface area (Å²) in [5.41, 5.74) is 0.803. The zero-order chi connectivity index (χ0) is 11.5. The van der Waals surface area contributed by atoms with Crippen molar-refractivity contribution in [3.63, 3.8) is 0 Å². The van der Waals surface area contributed by atoms with E-state index in [9.17, 15) is 5.11 Å². The van der Waals surface area contributed by atoms with Crippen LogP contribution in [0.5, 0.6) is 0 Å². The highest BCUT2D eigenvalue weighted by atomic mass is 32.1. The van der Waals surface area contributed by atoms with Gasteiger partial charge in [-0.1, -0.05) is 6.92 Å². The molecule has 1 aromatic heterocycles. The van der Waals surface area contributed by atoms with Crippen LogP contribution in [0.2, 0.25) is 0 Å². The summed E-state index contributed by atoms with van der Waals surface area (Å²) in [5, 5.41) is 12.5. The average molecular weight is 240 g/mol. The summed E-state index contributed by atoms with van der Waals surface area (Å²) in [6.45, 7) is 6.31. The standard InChI is InChI=1S/C12H20N2OS/c1-9-4-3-6-14(7-5-9)12-13-11(8-16-12)10(2)15/h8-10,15H,3-7H2,1-2H3. The maximum atomic E-state index is 9.46. The van der Waals surface area contributed by atoms with E-state index in [2.05, 4.69) is 16.8 Å². The van der Waals surface area contributed by atoms with Gasteiger partial charge in [0.15, 0.2) is 5.13 Å². The molecule has 1 fully saturated rings. The van der Waals surface area contributed by atoms with Crippen LogP contribution in [0, 0.1) is 5.92 Å². The molecule has 1 aromatic rings. The number of aliphatic hydroxyl groups excluding tert-OH is 1. The molecule has 2 rings (SSSR count). The average Bonchev–Trinajstić information content (AvgIpc) is 2.63. The molecule has 4 heteroatoms. The number of hydrogen-bond acceptors (Lipinski definition) is 4. The van der Waals surface area contributed by atoms with Crippen LogP contribution >= 0.6 is 11.3 Å². The van der Waals surface area contributed by atoms with Crippen molar-refractivity contribution in [3.8, 4) is 0 Å². The van der Waals surface area contributed by atoms with Gasteiger partial charge >= 0.3 is 0 Å². The number of hydrogen-bond donors (Lipinski definition) is 1. The zero-order valence-corrected chi connectivity index (χ0v) is 10.8. The third-order valence-electron chi connectivity index (χ3n) is 3.23. The minimum atomic E-state index is -0.448. The molecule has 1 saturated heterocycles. The van der Waals surface area contributed by atoms with E-state index in [1.165, 1.54) is 19.3 Å². The van der Waals surface area contributed by atoms with Gasteiger partial charge in [0.1, 0.15) is 0 Å². The zero-order valence-electron chi connectivity index (χ0n) is 10.0. The first-order valence-electron chi connectivity index (χ1n) is 6.05. The minimum Gasteiger partial charge on any atom is -0.387 e. The lowest BCUT2D eigenvalue weighted by Crippen LogP contribution is -2.24. The molecule has 2 heterocycles. The summed E-state index contributed by atoms with van der Waals surface area (Å²) in [7, 11) is 0. The Hall–Kier alpha value is -0.610. The van der Waals surface area contributed by atoms with E-state index in [1.54, 1.807) is 18.3 Å². The van der Waals surface area contributed by atoms with Crippen LogP contribution < -0.4 is 4.90 Å². The van der Waals surface area contributed by atoms with Crippen molar-refractivity contribution in [3.05, 3.63) is 11.1 Å². The van der Waals surface area contributed by atoms with Crippen molar-refractivity contribution in [2.45, 2.75) is 39.2 Å². The molecule has 0 spiro atoms. The van der Waals surface area contributed by atoms with Crippen molar-refractivity contribution in [1.29, 1.82) is 0 Å². The molecular weight excluding hydrogens is 220 g/mol. The predicted molar refractivity (Wildman–Crippen MR) is 68.0 cm³/mol. The fraction of sp³-hybridized carbons (Fsp3) is 0.750. The van der Waals surface area contributed by atoms with Gasteiger partial charge in [-0.25, -0.2) is 4.98 Å². The van der Waals surface area contributed by atoms with E-state index in [0.29, 0.717) is 0 Å². The topological polar surface area (TPSA) is 36.4 Å². The lowest BCUT2D eigenvalue weighted by molar-refractivity contribution is 0.195. The molecule has 0 bridgehead atoms. The number of aromatic nitrogens is 1. The van der Waals surface area contributed by atoms with E-state index in [-0.39, 0.29) is 0 Å². The summed E-state index contributed by atoms with van der Waals surface area (Å²) in [6, 6.07) is 0. The van der Waals surface area contributed by atoms with Gasteiger partial charge in [-0.15, -0.1) is 11.3 Å². The maximum Gasteiger partial charge on any atom is 0.185 e. The Kier molecular flexibility index (Phi) is 3.82. The van der Waals surface area contributed by atoms with E-state index in [1.807, 2.05) is 5.38 Å². The van der Waals surface area contributed by atoms with Gasteiger partial charge in [0.05, 0.1) is 11.8 Å². The van der Waals surface area contributed by atoms with Crippen molar-refractivity contribution in [1.82, 2.24) is 4.98 Å². The van der Waals surface area contributed by atoms with Gasteiger partial charge in [0, 0.05) is 18.5 Å². The monoisotopic (exact) mass is 240 g/mol. The Bertz CT molecular complexity index is 338.